The van der Waals surface area contributed by atoms with E-state index in [9.17, 15) is 4.79 Å². The van der Waals surface area contributed by atoms with Crippen LogP contribution in [0.4, 0.5) is 0 Å². The first-order chi connectivity index (χ1) is 6.68. The van der Waals surface area contributed by atoms with Gasteiger partial charge in [0.2, 0.25) is 9.99 Å². The van der Waals surface area contributed by atoms with Gasteiger partial charge in [0.1, 0.15) is 0 Å². The highest BCUT2D eigenvalue weighted by Crippen LogP contribution is 2.46. The maximum Gasteiger partial charge on any atom is 0.217 e. The number of halogens is 1. The predicted octanol–water partition coefficient (Wildman–Crippen LogP) is 2.62. The fourth-order valence-corrected chi connectivity index (χ4v) is 3.00. The van der Waals surface area contributed by atoms with Crippen LogP contribution in [0, 0.1) is 0 Å². The minimum absolute atomic E-state index is 0.127. The summed E-state index contributed by atoms with van der Waals surface area (Å²) in [5, 5.41) is 1.80. The summed E-state index contributed by atoms with van der Waals surface area (Å²) in [7, 11) is 0. The summed E-state index contributed by atoms with van der Waals surface area (Å²) in [6.45, 7) is 1.89. The fourth-order valence-electron chi connectivity index (χ4n) is 1.15. The highest BCUT2D eigenvalue weighted by Gasteiger charge is 2.47. The Bertz CT molecular complexity index is 390. The summed E-state index contributed by atoms with van der Waals surface area (Å²) in [6, 6.07) is 1.76. The van der Waals surface area contributed by atoms with Crippen molar-refractivity contribution in [1.29, 1.82) is 0 Å². The van der Waals surface area contributed by atoms with Gasteiger partial charge < -0.3 is 0 Å². The van der Waals surface area contributed by atoms with Crippen LogP contribution in [0.5, 0.6) is 0 Å². The quantitative estimate of drug-likeness (QED) is 0.595. The number of alkyl halides is 1. The average molecular weight is 247 g/mol. The summed E-state index contributed by atoms with van der Waals surface area (Å²) in [5.41, 5.74) is 1.13. The van der Waals surface area contributed by atoms with E-state index in [2.05, 4.69) is 8.77 Å². The van der Waals surface area contributed by atoms with Gasteiger partial charge in [-0.25, -0.2) is 4.40 Å². The van der Waals surface area contributed by atoms with Crippen LogP contribution in [0.2, 0.25) is 0 Å². The van der Waals surface area contributed by atoms with E-state index in [1.807, 2.05) is 6.92 Å². The molecule has 0 saturated carbocycles. The molecule has 6 heteroatoms. The zero-order valence-corrected chi connectivity index (χ0v) is 9.75. The number of ketones is 1. The van der Waals surface area contributed by atoms with Crippen LogP contribution < -0.4 is 0 Å². The number of nitrogens with zero attached hydrogens (tertiary/aromatic N) is 2. The lowest BCUT2D eigenvalue weighted by Gasteiger charge is -2.13. The Labute approximate surface area is 94.9 Å². The molecular formula is C8H7ClN2OS2. The topological polar surface area (TPSA) is 42.3 Å². The Hall–Kier alpha value is -0.390. The first-order valence-electron chi connectivity index (χ1n) is 4.08. The molecule has 1 aromatic heterocycles. The molecule has 1 aromatic rings. The number of hydrogen-bond acceptors (Lipinski definition) is 5. The number of carbonyl (C=O) groups is 1. The summed E-state index contributed by atoms with van der Waals surface area (Å²) < 4.78 is 7.04. The molecule has 1 aliphatic heterocycles. The van der Waals surface area contributed by atoms with E-state index < -0.39 is 4.21 Å². The second-order valence-electron chi connectivity index (χ2n) is 2.79. The Morgan fingerprint density at radius 1 is 1.64 bits per heavy atom. The van der Waals surface area contributed by atoms with Gasteiger partial charge in [-0.2, -0.15) is 4.37 Å². The lowest BCUT2D eigenvalue weighted by molar-refractivity contribution is -0.113. The van der Waals surface area contributed by atoms with Gasteiger partial charge in [0.15, 0.2) is 0 Å². The van der Waals surface area contributed by atoms with Crippen LogP contribution in [0.3, 0.4) is 0 Å². The molecule has 0 N–H and O–H groups in total. The highest BCUT2D eigenvalue weighted by molar-refractivity contribution is 8.02. The second kappa shape index (κ2) is 3.64. The molecule has 0 fully saturated rings. The third-order valence-electron chi connectivity index (χ3n) is 1.94. The molecule has 2 rings (SSSR count). The smallest absolute Gasteiger partial charge is 0.217 e. The third-order valence-corrected chi connectivity index (χ3v) is 4.03. The van der Waals surface area contributed by atoms with Gasteiger partial charge in [-0.1, -0.05) is 18.5 Å². The highest BCUT2D eigenvalue weighted by atomic mass is 35.5. The lowest BCUT2D eigenvalue weighted by Crippen LogP contribution is -2.27. The van der Waals surface area contributed by atoms with Gasteiger partial charge in [0, 0.05) is 17.3 Å². The van der Waals surface area contributed by atoms with Crippen molar-refractivity contribution in [2.24, 2.45) is 4.40 Å². The van der Waals surface area contributed by atoms with E-state index in [-0.39, 0.29) is 5.78 Å². The molecule has 14 heavy (non-hydrogen) atoms. The molecule has 0 spiro atoms. The van der Waals surface area contributed by atoms with Crippen LogP contribution in [0.15, 0.2) is 15.8 Å². The second-order valence-corrected chi connectivity index (χ2v) is 5.23. The molecule has 0 aliphatic carbocycles. The van der Waals surface area contributed by atoms with Crippen molar-refractivity contribution in [3.05, 3.63) is 17.1 Å². The van der Waals surface area contributed by atoms with Gasteiger partial charge in [-0.05, 0) is 24.0 Å². The standard InChI is InChI=1S/C8H7ClN2OS2/c1-2-5-7(12)8(9,14-10-5)6-3-4-13-11-6/h3-4H,2H2,1H3. The largest absolute Gasteiger partial charge is 0.289 e. The summed E-state index contributed by atoms with van der Waals surface area (Å²) in [4.78, 5) is 11.8. The first kappa shape index (κ1) is 10.1. The fraction of sp³-hybridized carbons (Fsp3) is 0.375. The van der Waals surface area contributed by atoms with Crippen LogP contribution in [-0.4, -0.2) is 15.9 Å². The van der Waals surface area contributed by atoms with Crippen molar-refractivity contribution in [3.8, 4) is 0 Å². The molecule has 0 aromatic carbocycles. The van der Waals surface area contributed by atoms with E-state index in [4.69, 9.17) is 11.6 Å². The molecule has 74 valence electrons. The number of rotatable bonds is 2. The Kier molecular flexibility index (Phi) is 2.64. The number of carbonyl (C=O) groups excluding carboxylic acids is 1. The zero-order valence-electron chi connectivity index (χ0n) is 7.36. The molecule has 0 amide bonds. The van der Waals surface area contributed by atoms with Crippen molar-refractivity contribution < 1.29 is 4.79 Å². The van der Waals surface area contributed by atoms with Crippen molar-refractivity contribution in [1.82, 2.24) is 4.37 Å². The van der Waals surface area contributed by atoms with Crippen molar-refractivity contribution in [2.75, 3.05) is 0 Å². The maximum atomic E-state index is 11.8. The number of aromatic nitrogens is 1. The monoisotopic (exact) mass is 246 g/mol. The molecule has 1 aliphatic rings. The summed E-state index contributed by atoms with van der Waals surface area (Å²) >= 11 is 8.58. The van der Waals surface area contributed by atoms with Crippen LogP contribution in [-0.2, 0) is 9.00 Å². The van der Waals surface area contributed by atoms with Crippen molar-refractivity contribution in [2.45, 2.75) is 17.6 Å². The van der Waals surface area contributed by atoms with Crippen LogP contribution in [0.25, 0.3) is 0 Å². The maximum absolute atomic E-state index is 11.8. The van der Waals surface area contributed by atoms with Crippen LogP contribution >= 0.6 is 35.1 Å². The molecule has 0 saturated heterocycles. The summed E-state index contributed by atoms with van der Waals surface area (Å²) in [6.07, 6.45) is 0.616. The van der Waals surface area contributed by atoms with E-state index in [1.54, 1.807) is 11.4 Å². The number of Topliss-reactive ketones (excluding diaryl/α,β-unsaturated/α-hetero) is 1. The molecular weight excluding hydrogens is 240 g/mol. The Balaban J connectivity index is 2.34. The Morgan fingerprint density at radius 3 is 2.93 bits per heavy atom. The van der Waals surface area contributed by atoms with Gasteiger partial charge >= 0.3 is 0 Å². The molecule has 2 heterocycles. The zero-order chi connectivity index (χ0) is 10.2. The normalized spacial score (nSPS) is 26.7. The summed E-state index contributed by atoms with van der Waals surface area (Å²) in [5.74, 6) is -0.127. The third kappa shape index (κ3) is 1.39. The minimum Gasteiger partial charge on any atom is -0.289 e. The molecule has 3 nitrogen and oxygen atoms in total. The predicted molar refractivity (Wildman–Crippen MR) is 60.0 cm³/mol. The first-order valence-corrected chi connectivity index (χ1v) is 6.07. The van der Waals surface area contributed by atoms with Gasteiger partial charge in [0.25, 0.3) is 0 Å². The van der Waals surface area contributed by atoms with E-state index in [0.717, 1.165) is 11.9 Å². The van der Waals surface area contributed by atoms with E-state index in [0.29, 0.717) is 17.8 Å². The molecule has 1 atom stereocenters. The Morgan fingerprint density at radius 2 is 2.43 bits per heavy atom. The average Bonchev–Trinajstić information content (AvgIpc) is 2.78. The number of hydrogen-bond donors (Lipinski definition) is 0. The van der Waals surface area contributed by atoms with Gasteiger partial charge in [-0.3, -0.25) is 4.79 Å². The SMILES string of the molecule is CCC1=NSC(Cl)(c2ccsn2)C1=O. The molecule has 0 bridgehead atoms. The molecule has 0 radical (unpaired) electrons. The van der Waals surface area contributed by atoms with Crippen molar-refractivity contribution >= 4 is 46.6 Å². The van der Waals surface area contributed by atoms with E-state index >= 15 is 0 Å². The van der Waals surface area contributed by atoms with Gasteiger partial charge in [-0.15, -0.1) is 0 Å². The van der Waals surface area contributed by atoms with E-state index in [1.165, 1.54) is 11.5 Å². The molecule has 1 unspecified atom stereocenters. The van der Waals surface area contributed by atoms with Crippen LogP contribution in [0.1, 0.15) is 19.0 Å². The van der Waals surface area contributed by atoms with Crippen molar-refractivity contribution in [3.63, 3.8) is 0 Å². The lowest BCUT2D eigenvalue weighted by atomic mass is 10.1. The minimum atomic E-state index is -1.11. The van der Waals surface area contributed by atoms with Gasteiger partial charge in [0.05, 0.1) is 11.4 Å².